The van der Waals surface area contributed by atoms with Crippen molar-refractivity contribution in [1.82, 2.24) is 4.90 Å². The van der Waals surface area contributed by atoms with Gasteiger partial charge in [-0.1, -0.05) is 6.07 Å². The molecule has 1 fully saturated rings. The molecule has 0 aliphatic carbocycles. The molecule has 0 spiro atoms. The maximum atomic E-state index is 12.5. The second-order valence-electron chi connectivity index (χ2n) is 5.88. The summed E-state index contributed by atoms with van der Waals surface area (Å²) in [6.45, 7) is 2.48. The van der Waals surface area contributed by atoms with Crippen molar-refractivity contribution in [2.45, 2.75) is 38.6 Å². The number of amides is 1. The van der Waals surface area contributed by atoms with Crippen LogP contribution in [-0.4, -0.2) is 41.6 Å². The van der Waals surface area contributed by atoms with Crippen LogP contribution in [0, 0.1) is 5.92 Å². The molecule has 0 bridgehead atoms. The third-order valence-corrected chi connectivity index (χ3v) is 5.09. The lowest BCUT2D eigenvalue weighted by molar-refractivity contribution is -0.149. The molecule has 2 rings (SSSR count). The van der Waals surface area contributed by atoms with E-state index < -0.39 is 11.9 Å². The fourth-order valence-corrected chi connectivity index (χ4v) is 3.67. The van der Waals surface area contributed by atoms with Crippen molar-refractivity contribution >= 4 is 27.8 Å². The van der Waals surface area contributed by atoms with Gasteiger partial charge in [0.05, 0.1) is 17.5 Å². The second kappa shape index (κ2) is 7.81. The van der Waals surface area contributed by atoms with Gasteiger partial charge in [-0.3, -0.25) is 9.59 Å². The van der Waals surface area contributed by atoms with Crippen LogP contribution in [-0.2, 0) is 16.0 Å². The molecular formula is C17H22BrNO4. The molecule has 0 radical (unpaired) electrons. The quantitative estimate of drug-likeness (QED) is 0.847. The minimum absolute atomic E-state index is 0.0235. The van der Waals surface area contributed by atoms with E-state index in [-0.39, 0.29) is 11.9 Å². The smallest absolute Gasteiger partial charge is 0.308 e. The van der Waals surface area contributed by atoms with Gasteiger partial charge >= 0.3 is 5.97 Å². The van der Waals surface area contributed by atoms with E-state index in [0.29, 0.717) is 25.8 Å². The predicted molar refractivity (Wildman–Crippen MR) is 90.5 cm³/mol. The lowest BCUT2D eigenvalue weighted by Crippen LogP contribution is -2.49. The first-order valence-electron chi connectivity index (χ1n) is 7.78. The van der Waals surface area contributed by atoms with Crippen molar-refractivity contribution in [3.8, 4) is 5.75 Å². The van der Waals surface area contributed by atoms with Gasteiger partial charge in [0, 0.05) is 19.0 Å². The fourth-order valence-electron chi connectivity index (χ4n) is 3.09. The van der Waals surface area contributed by atoms with E-state index in [2.05, 4.69) is 15.9 Å². The molecule has 1 saturated heterocycles. The van der Waals surface area contributed by atoms with Crippen LogP contribution in [0.3, 0.4) is 0 Å². The third-order valence-electron chi connectivity index (χ3n) is 4.47. The zero-order valence-corrected chi connectivity index (χ0v) is 15.0. The van der Waals surface area contributed by atoms with Gasteiger partial charge in [-0.25, -0.2) is 0 Å². The van der Waals surface area contributed by atoms with Crippen molar-refractivity contribution in [2.75, 3.05) is 13.7 Å². The molecule has 1 aliphatic rings. The standard InChI is InChI=1S/C17H22BrNO4/c1-11-13(17(21)22)4-3-9-19(11)16(20)8-6-12-5-7-15(23-2)14(18)10-12/h5,7,10-11,13H,3-4,6,8-9H2,1-2H3,(H,21,22)/t11-,13-/m0/s1. The van der Waals surface area contributed by atoms with Gasteiger partial charge in [0.1, 0.15) is 5.75 Å². The molecule has 0 unspecified atom stereocenters. The second-order valence-corrected chi connectivity index (χ2v) is 6.74. The van der Waals surface area contributed by atoms with Crippen LogP contribution >= 0.6 is 15.9 Å². The lowest BCUT2D eigenvalue weighted by atomic mass is 9.90. The molecule has 1 N–H and O–H groups in total. The number of carboxylic acids is 1. The van der Waals surface area contributed by atoms with Crippen molar-refractivity contribution in [3.63, 3.8) is 0 Å². The van der Waals surface area contributed by atoms with Crippen LogP contribution in [0.1, 0.15) is 31.7 Å². The van der Waals surface area contributed by atoms with E-state index in [9.17, 15) is 14.7 Å². The Morgan fingerprint density at radius 2 is 2.17 bits per heavy atom. The molecule has 1 aliphatic heterocycles. The van der Waals surface area contributed by atoms with E-state index in [1.165, 1.54) is 0 Å². The number of rotatable bonds is 5. The third kappa shape index (κ3) is 4.25. The van der Waals surface area contributed by atoms with E-state index in [0.717, 1.165) is 22.2 Å². The molecule has 5 nitrogen and oxygen atoms in total. The number of aliphatic carboxylic acids is 1. The van der Waals surface area contributed by atoms with Gasteiger partial charge in [-0.05, 0) is 59.8 Å². The minimum Gasteiger partial charge on any atom is -0.496 e. The lowest BCUT2D eigenvalue weighted by Gasteiger charge is -2.37. The normalized spacial score (nSPS) is 21.1. The molecule has 1 aromatic rings. The van der Waals surface area contributed by atoms with E-state index in [4.69, 9.17) is 4.74 Å². The van der Waals surface area contributed by atoms with Crippen LogP contribution < -0.4 is 4.74 Å². The van der Waals surface area contributed by atoms with Gasteiger partial charge < -0.3 is 14.7 Å². The molecule has 23 heavy (non-hydrogen) atoms. The summed E-state index contributed by atoms with van der Waals surface area (Å²) >= 11 is 3.44. The highest BCUT2D eigenvalue weighted by Crippen LogP contribution is 2.27. The number of benzene rings is 1. The SMILES string of the molecule is COc1ccc(CCC(=O)N2CCC[C@H](C(=O)O)[C@@H]2C)cc1Br. The summed E-state index contributed by atoms with van der Waals surface area (Å²) in [5, 5.41) is 9.24. The number of piperidine rings is 1. The van der Waals surface area contributed by atoms with Gasteiger partial charge in [0.25, 0.3) is 0 Å². The summed E-state index contributed by atoms with van der Waals surface area (Å²) < 4.78 is 6.05. The van der Waals surface area contributed by atoms with Crippen LogP contribution in [0.15, 0.2) is 22.7 Å². The summed E-state index contributed by atoms with van der Waals surface area (Å²) in [5.41, 5.74) is 1.05. The number of carbonyl (C=O) groups is 2. The summed E-state index contributed by atoms with van der Waals surface area (Å²) in [6, 6.07) is 5.52. The highest BCUT2D eigenvalue weighted by atomic mass is 79.9. The van der Waals surface area contributed by atoms with E-state index in [1.54, 1.807) is 12.0 Å². The maximum absolute atomic E-state index is 12.5. The number of hydrogen-bond donors (Lipinski definition) is 1. The summed E-state index contributed by atoms with van der Waals surface area (Å²) in [5.74, 6) is -0.485. The van der Waals surface area contributed by atoms with Crippen LogP contribution in [0.2, 0.25) is 0 Å². The van der Waals surface area contributed by atoms with E-state index in [1.807, 2.05) is 25.1 Å². The van der Waals surface area contributed by atoms with Crippen molar-refractivity contribution < 1.29 is 19.4 Å². The molecule has 126 valence electrons. The van der Waals surface area contributed by atoms with Crippen molar-refractivity contribution in [1.29, 1.82) is 0 Å². The molecule has 1 amide bonds. The maximum Gasteiger partial charge on any atom is 0.308 e. The monoisotopic (exact) mass is 383 g/mol. The fraction of sp³-hybridized carbons (Fsp3) is 0.529. The number of nitrogens with zero attached hydrogens (tertiary/aromatic N) is 1. The Hall–Kier alpha value is -1.56. The summed E-state index contributed by atoms with van der Waals surface area (Å²) in [4.78, 5) is 25.4. The average Bonchev–Trinajstić information content (AvgIpc) is 2.52. The van der Waals surface area contributed by atoms with Crippen LogP contribution in [0.5, 0.6) is 5.75 Å². The number of methoxy groups -OCH3 is 1. The predicted octanol–water partition coefficient (Wildman–Crippen LogP) is 3.10. The molecule has 1 heterocycles. The van der Waals surface area contributed by atoms with E-state index >= 15 is 0 Å². The molecule has 6 heteroatoms. The first-order valence-corrected chi connectivity index (χ1v) is 8.58. The molecule has 0 saturated carbocycles. The van der Waals surface area contributed by atoms with Crippen LogP contribution in [0.25, 0.3) is 0 Å². The Morgan fingerprint density at radius 3 is 2.78 bits per heavy atom. The highest BCUT2D eigenvalue weighted by Gasteiger charge is 2.34. The Labute approximate surface area is 144 Å². The Kier molecular flexibility index (Phi) is 6.04. The topological polar surface area (TPSA) is 66.8 Å². The van der Waals surface area contributed by atoms with Crippen molar-refractivity contribution in [3.05, 3.63) is 28.2 Å². The first kappa shape index (κ1) is 17.8. The number of hydrogen-bond acceptors (Lipinski definition) is 3. The van der Waals surface area contributed by atoms with Crippen molar-refractivity contribution in [2.24, 2.45) is 5.92 Å². The molecule has 2 atom stereocenters. The Morgan fingerprint density at radius 1 is 1.43 bits per heavy atom. The zero-order chi connectivity index (χ0) is 17.0. The van der Waals surface area contributed by atoms with Gasteiger partial charge in [0.2, 0.25) is 5.91 Å². The number of likely N-dealkylation sites (tertiary alicyclic amines) is 1. The molecular weight excluding hydrogens is 362 g/mol. The number of halogens is 1. The zero-order valence-electron chi connectivity index (χ0n) is 13.4. The average molecular weight is 384 g/mol. The largest absolute Gasteiger partial charge is 0.496 e. The van der Waals surface area contributed by atoms with Gasteiger partial charge in [-0.15, -0.1) is 0 Å². The first-order chi connectivity index (χ1) is 10.9. The Bertz CT molecular complexity index is 590. The van der Waals surface area contributed by atoms with Gasteiger partial charge in [-0.2, -0.15) is 0 Å². The summed E-state index contributed by atoms with van der Waals surface area (Å²) in [6.07, 6.45) is 2.41. The number of carboxylic acid groups (broad SMARTS) is 1. The Balaban J connectivity index is 1.96. The highest BCUT2D eigenvalue weighted by molar-refractivity contribution is 9.10. The minimum atomic E-state index is -0.811. The van der Waals surface area contributed by atoms with Gasteiger partial charge in [0.15, 0.2) is 0 Å². The van der Waals surface area contributed by atoms with Crippen LogP contribution in [0.4, 0.5) is 0 Å². The number of ether oxygens (including phenoxy) is 1. The number of aryl methyl sites for hydroxylation is 1. The molecule has 0 aromatic heterocycles. The number of carbonyl (C=O) groups excluding carboxylic acids is 1. The molecule has 1 aromatic carbocycles. The summed E-state index contributed by atoms with van der Waals surface area (Å²) in [7, 11) is 1.61.